The van der Waals surface area contributed by atoms with Crippen molar-refractivity contribution in [3.8, 4) is 40.2 Å². The lowest BCUT2D eigenvalue weighted by atomic mass is 10.0. The number of carbonyl (C=O) groups excluding carboxylic acids is 1. The van der Waals surface area contributed by atoms with Gasteiger partial charge in [0.15, 0.2) is 34.5 Å². The lowest BCUT2D eigenvalue weighted by molar-refractivity contribution is 0.0508. The van der Waals surface area contributed by atoms with Crippen molar-refractivity contribution in [3.05, 3.63) is 101 Å². The number of hydroxylamine groups is 1. The van der Waals surface area contributed by atoms with E-state index in [4.69, 9.17) is 38.0 Å². The highest BCUT2D eigenvalue weighted by Gasteiger charge is 2.26. The first-order valence-corrected chi connectivity index (χ1v) is 17.2. The number of rotatable bonds is 17. The third-order valence-electron chi connectivity index (χ3n) is 8.93. The molecular formula is C40H45N3O9. The Morgan fingerprint density at radius 1 is 0.615 bits per heavy atom. The number of para-hydroxylation sites is 1. The molecule has 0 radical (unpaired) electrons. The third kappa shape index (κ3) is 8.07. The molecule has 2 heterocycles. The van der Waals surface area contributed by atoms with Crippen molar-refractivity contribution in [2.24, 2.45) is 0 Å². The summed E-state index contributed by atoms with van der Waals surface area (Å²) in [5, 5.41) is 6.37. The quantitative estimate of drug-likeness (QED) is 0.0962. The molecule has 12 heteroatoms. The zero-order valence-electron chi connectivity index (χ0n) is 30.1. The predicted molar refractivity (Wildman–Crippen MR) is 197 cm³/mol. The number of unbranched alkanes of at least 4 members (excludes halogenated alkanes) is 3. The largest absolute Gasteiger partial charge is 0.493 e. The van der Waals surface area contributed by atoms with E-state index in [0.717, 1.165) is 53.8 Å². The zero-order chi connectivity index (χ0) is 36.5. The van der Waals surface area contributed by atoms with Crippen molar-refractivity contribution < 1.29 is 42.8 Å². The molecule has 4 aromatic carbocycles. The molecule has 0 saturated carbocycles. The summed E-state index contributed by atoms with van der Waals surface area (Å²) in [7, 11) is 7.99. The van der Waals surface area contributed by atoms with Crippen molar-refractivity contribution in [3.63, 3.8) is 0 Å². The molecule has 2 aliphatic rings. The number of nitrogens with one attached hydrogen (secondary N) is 3. The number of ether oxygens (including phenoxy) is 7. The maximum atomic E-state index is 12.6. The van der Waals surface area contributed by atoms with Gasteiger partial charge in [-0.15, -0.1) is 0 Å². The summed E-state index contributed by atoms with van der Waals surface area (Å²) in [5.41, 5.74) is 7.89. The van der Waals surface area contributed by atoms with Gasteiger partial charge in [0.25, 0.3) is 5.91 Å². The molecule has 274 valence electrons. The van der Waals surface area contributed by atoms with Gasteiger partial charge in [0.1, 0.15) is 12.3 Å². The Morgan fingerprint density at radius 2 is 1.27 bits per heavy atom. The molecule has 1 amide bonds. The van der Waals surface area contributed by atoms with E-state index < -0.39 is 0 Å². The summed E-state index contributed by atoms with van der Waals surface area (Å²) in [5.74, 6) is 4.11. The number of fused-ring (bicyclic) bond motifs is 1. The molecule has 0 spiro atoms. The monoisotopic (exact) mass is 711 g/mol. The minimum absolute atomic E-state index is 0.117. The van der Waals surface area contributed by atoms with E-state index in [0.29, 0.717) is 59.0 Å². The predicted octanol–water partition coefficient (Wildman–Crippen LogP) is 7.22. The van der Waals surface area contributed by atoms with Crippen LogP contribution in [0.15, 0.2) is 78.9 Å². The summed E-state index contributed by atoms with van der Waals surface area (Å²) >= 11 is 0. The normalized spacial score (nSPS) is 16.0. The Labute approximate surface area is 303 Å². The fourth-order valence-corrected chi connectivity index (χ4v) is 6.17. The van der Waals surface area contributed by atoms with Crippen LogP contribution in [-0.4, -0.2) is 54.7 Å². The van der Waals surface area contributed by atoms with Crippen molar-refractivity contribution in [2.45, 2.75) is 38.0 Å². The molecule has 0 aromatic heterocycles. The number of anilines is 1. The first-order valence-electron chi connectivity index (χ1n) is 17.2. The smallest absolute Gasteiger partial charge is 0.255 e. The molecule has 4 aromatic rings. The summed E-state index contributed by atoms with van der Waals surface area (Å²) in [6.07, 6.45) is 4.97. The first kappa shape index (κ1) is 36.1. The molecule has 52 heavy (non-hydrogen) atoms. The van der Waals surface area contributed by atoms with E-state index in [-0.39, 0.29) is 18.2 Å². The molecule has 2 atom stereocenters. The Bertz CT molecular complexity index is 1870. The lowest BCUT2D eigenvalue weighted by Crippen LogP contribution is -2.38. The molecule has 12 nitrogen and oxygen atoms in total. The lowest BCUT2D eigenvalue weighted by Gasteiger charge is -2.28. The van der Waals surface area contributed by atoms with Gasteiger partial charge in [-0.1, -0.05) is 18.2 Å². The first-order chi connectivity index (χ1) is 25.5. The van der Waals surface area contributed by atoms with Gasteiger partial charge >= 0.3 is 0 Å². The highest BCUT2D eigenvalue weighted by atomic mass is 16.7. The zero-order valence-corrected chi connectivity index (χ0v) is 30.1. The maximum Gasteiger partial charge on any atom is 0.255 e. The van der Waals surface area contributed by atoms with Crippen LogP contribution in [0.25, 0.3) is 5.70 Å². The van der Waals surface area contributed by atoms with E-state index in [1.165, 1.54) is 0 Å². The average Bonchev–Trinajstić information content (AvgIpc) is 3.69. The average molecular weight is 712 g/mol. The second-order valence-corrected chi connectivity index (χ2v) is 12.2. The molecule has 0 aliphatic carbocycles. The number of amides is 1. The standard InChI is InChI=1S/C40H45N3O9/c1-45-31-16-14-25(30-24-33(52-43-30)27-22-36(47-3)38(49-5)37(23-27)48-4)20-35(31)51-19-11-7-6-10-18-50-32-17-15-26(21-34(32)46-2)39-41-29-13-9-8-12-28(29)40(44)42-39/h8-9,12-17,20-24,33,39,41,43H,6-7,10-11,18-19H2,1-5H3,(H,42,44). The number of benzene rings is 4. The SMILES string of the molecule is COc1cc(C2NC(=O)c3ccccc3N2)ccc1OCCCCCCOc1cc(C2=CC(c3cc(OC)c(OC)c(OC)c3)ON2)ccc1OC. The number of hydrogen-bond donors (Lipinski definition) is 3. The van der Waals surface area contributed by atoms with E-state index in [1.807, 2.05) is 72.8 Å². The van der Waals surface area contributed by atoms with Gasteiger partial charge in [0, 0.05) is 11.3 Å². The van der Waals surface area contributed by atoms with Crippen LogP contribution in [0.5, 0.6) is 40.2 Å². The summed E-state index contributed by atoms with van der Waals surface area (Å²) in [4.78, 5) is 18.5. The number of methoxy groups -OCH3 is 5. The van der Waals surface area contributed by atoms with Crippen molar-refractivity contribution in [1.29, 1.82) is 0 Å². The fourth-order valence-electron chi connectivity index (χ4n) is 6.17. The number of hydrogen-bond acceptors (Lipinski definition) is 11. The second kappa shape index (κ2) is 17.0. The highest BCUT2D eigenvalue weighted by Crippen LogP contribution is 2.42. The summed E-state index contributed by atoms with van der Waals surface area (Å²) in [6.45, 7) is 1.10. The number of carbonyl (C=O) groups is 1. The Balaban J connectivity index is 0.966. The van der Waals surface area contributed by atoms with Crippen LogP contribution in [0.3, 0.4) is 0 Å². The molecule has 2 aliphatic heterocycles. The van der Waals surface area contributed by atoms with E-state index in [9.17, 15) is 4.79 Å². The minimum atomic E-state index is -0.374. The van der Waals surface area contributed by atoms with Crippen LogP contribution in [0.1, 0.15) is 65.0 Å². The van der Waals surface area contributed by atoms with Crippen LogP contribution in [0, 0.1) is 0 Å². The molecule has 0 bridgehead atoms. The molecular weight excluding hydrogens is 666 g/mol. The Hall–Kier alpha value is -5.75. The van der Waals surface area contributed by atoms with E-state index in [1.54, 1.807) is 41.6 Å². The molecule has 3 N–H and O–H groups in total. The highest BCUT2D eigenvalue weighted by molar-refractivity contribution is 6.01. The van der Waals surface area contributed by atoms with Crippen molar-refractivity contribution in [1.82, 2.24) is 10.8 Å². The van der Waals surface area contributed by atoms with E-state index >= 15 is 0 Å². The van der Waals surface area contributed by atoms with Crippen LogP contribution in [-0.2, 0) is 4.84 Å². The summed E-state index contributed by atoms with van der Waals surface area (Å²) in [6, 6.07) is 22.7. The van der Waals surface area contributed by atoms with Gasteiger partial charge in [-0.3, -0.25) is 15.1 Å². The molecule has 6 rings (SSSR count). The topological polar surface area (TPSA) is 127 Å². The summed E-state index contributed by atoms with van der Waals surface area (Å²) < 4.78 is 39.9. The van der Waals surface area contributed by atoms with Gasteiger partial charge in [-0.05, 0) is 97.5 Å². The third-order valence-corrected chi connectivity index (χ3v) is 8.93. The van der Waals surface area contributed by atoms with Gasteiger partial charge in [0.2, 0.25) is 5.75 Å². The fraction of sp³-hybridized carbons (Fsp3) is 0.325. The van der Waals surface area contributed by atoms with Crippen LogP contribution in [0.4, 0.5) is 5.69 Å². The molecule has 2 unspecified atom stereocenters. The van der Waals surface area contributed by atoms with E-state index in [2.05, 4.69) is 16.1 Å². The molecule has 0 fully saturated rings. The Morgan fingerprint density at radius 3 is 1.96 bits per heavy atom. The maximum absolute atomic E-state index is 12.6. The van der Waals surface area contributed by atoms with Crippen LogP contribution >= 0.6 is 0 Å². The van der Waals surface area contributed by atoms with Gasteiger partial charge in [0.05, 0.1) is 60.0 Å². The van der Waals surface area contributed by atoms with Gasteiger partial charge in [-0.2, -0.15) is 0 Å². The van der Waals surface area contributed by atoms with Crippen LogP contribution in [0.2, 0.25) is 0 Å². The second-order valence-electron chi connectivity index (χ2n) is 12.2. The van der Waals surface area contributed by atoms with Crippen molar-refractivity contribution in [2.75, 3.05) is 54.1 Å². The Kier molecular flexibility index (Phi) is 11.8. The van der Waals surface area contributed by atoms with Crippen LogP contribution < -0.4 is 49.3 Å². The molecule has 0 saturated heterocycles. The van der Waals surface area contributed by atoms with Crippen molar-refractivity contribution >= 4 is 17.3 Å². The van der Waals surface area contributed by atoms with Gasteiger partial charge in [-0.25, -0.2) is 0 Å². The minimum Gasteiger partial charge on any atom is -0.493 e. The van der Waals surface area contributed by atoms with Gasteiger partial charge < -0.3 is 43.8 Å².